The molecule has 1 aliphatic carbocycles. The number of thioether (sulfide) groups is 2. The van der Waals surface area contributed by atoms with Crippen LogP contribution in [0, 0.1) is 11.8 Å². The van der Waals surface area contributed by atoms with Crippen LogP contribution in [0.1, 0.15) is 42.2 Å². The fourth-order valence-electron chi connectivity index (χ4n) is 3.21. The third kappa shape index (κ3) is 3.74. The minimum absolute atomic E-state index is 0.660. The number of hydrogen-bond donors (Lipinski definition) is 0. The molecule has 3 rings (SSSR count). The molecule has 0 radical (unpaired) electrons. The Morgan fingerprint density at radius 2 is 1.47 bits per heavy atom. The Balaban J connectivity index is 1.55. The molecule has 0 aromatic heterocycles. The van der Waals surface area contributed by atoms with Gasteiger partial charge in [-0.3, -0.25) is 0 Å². The van der Waals surface area contributed by atoms with Crippen molar-refractivity contribution in [2.75, 3.05) is 11.5 Å². The lowest BCUT2D eigenvalue weighted by Crippen LogP contribution is -2.25. The van der Waals surface area contributed by atoms with E-state index in [1.165, 1.54) is 53.6 Å². The quantitative estimate of drug-likeness (QED) is 0.625. The third-order valence-electron chi connectivity index (χ3n) is 4.38. The minimum atomic E-state index is 0.660. The van der Waals surface area contributed by atoms with E-state index in [9.17, 15) is 0 Å². The van der Waals surface area contributed by atoms with Crippen molar-refractivity contribution in [3.05, 3.63) is 34.3 Å². The van der Waals surface area contributed by atoms with Gasteiger partial charge in [-0.1, -0.05) is 60.2 Å². The van der Waals surface area contributed by atoms with Gasteiger partial charge in [0.05, 0.1) is 4.58 Å². The Labute approximate surface area is 133 Å². The number of halogens is 1. The molecule has 1 aromatic rings. The molecule has 1 heterocycles. The summed E-state index contributed by atoms with van der Waals surface area (Å²) in [7, 11) is 0. The van der Waals surface area contributed by atoms with Crippen molar-refractivity contribution in [3.63, 3.8) is 0 Å². The van der Waals surface area contributed by atoms with Gasteiger partial charge in [0.15, 0.2) is 0 Å². The van der Waals surface area contributed by atoms with Crippen LogP contribution in [0.3, 0.4) is 0 Å². The van der Waals surface area contributed by atoms with E-state index in [4.69, 9.17) is 0 Å². The van der Waals surface area contributed by atoms with Gasteiger partial charge in [-0.2, -0.15) is 0 Å². The van der Waals surface area contributed by atoms with Crippen LogP contribution in [0.25, 0.3) is 0 Å². The zero-order valence-corrected chi connectivity index (χ0v) is 14.4. The molecule has 0 N–H and O–H groups in total. The maximum Gasteiger partial charge on any atom is 0.0751 e. The van der Waals surface area contributed by atoms with Crippen LogP contribution in [0.4, 0.5) is 0 Å². The van der Waals surface area contributed by atoms with Crippen LogP contribution in [0.15, 0.2) is 28.7 Å². The summed E-state index contributed by atoms with van der Waals surface area (Å²) in [6, 6.07) is 8.89. The first-order valence-electron chi connectivity index (χ1n) is 7.31. The van der Waals surface area contributed by atoms with Gasteiger partial charge in [0, 0.05) is 4.47 Å². The third-order valence-corrected chi connectivity index (χ3v) is 8.12. The lowest BCUT2D eigenvalue weighted by molar-refractivity contribution is 0.285. The summed E-state index contributed by atoms with van der Waals surface area (Å²) in [5.41, 5.74) is 1.49. The van der Waals surface area contributed by atoms with Crippen molar-refractivity contribution < 1.29 is 0 Å². The molecule has 0 amide bonds. The summed E-state index contributed by atoms with van der Waals surface area (Å²) < 4.78 is 1.84. The number of hydrogen-bond acceptors (Lipinski definition) is 2. The Morgan fingerprint density at radius 3 is 2.11 bits per heavy atom. The molecule has 0 unspecified atom stereocenters. The van der Waals surface area contributed by atoms with E-state index in [2.05, 4.69) is 63.7 Å². The predicted octanol–water partition coefficient (Wildman–Crippen LogP) is 6.12. The minimum Gasteiger partial charge on any atom is -0.142 e. The zero-order valence-electron chi connectivity index (χ0n) is 11.2. The first-order valence-corrected chi connectivity index (χ1v) is 10.2. The van der Waals surface area contributed by atoms with E-state index in [0.717, 1.165) is 11.8 Å². The first-order chi connectivity index (χ1) is 9.33. The highest BCUT2D eigenvalue weighted by molar-refractivity contribution is 9.10. The highest BCUT2D eigenvalue weighted by Gasteiger charge is 2.29. The van der Waals surface area contributed by atoms with Crippen molar-refractivity contribution in [2.45, 2.75) is 36.7 Å². The molecule has 0 atom stereocenters. The average molecular weight is 357 g/mol. The summed E-state index contributed by atoms with van der Waals surface area (Å²) in [6.07, 6.45) is 7.42. The van der Waals surface area contributed by atoms with Gasteiger partial charge < -0.3 is 0 Å². The highest BCUT2D eigenvalue weighted by Crippen LogP contribution is 2.48. The largest absolute Gasteiger partial charge is 0.142 e. The second kappa shape index (κ2) is 6.91. The Bertz CT molecular complexity index is 390. The van der Waals surface area contributed by atoms with Crippen LogP contribution < -0.4 is 0 Å². The summed E-state index contributed by atoms with van der Waals surface area (Å²) in [5, 5.41) is 0. The Hall–Kier alpha value is 0.400. The van der Waals surface area contributed by atoms with E-state index >= 15 is 0 Å². The maximum absolute atomic E-state index is 3.52. The summed E-state index contributed by atoms with van der Waals surface area (Å²) in [5.74, 6) is 4.75. The van der Waals surface area contributed by atoms with E-state index in [-0.39, 0.29) is 0 Å². The average Bonchev–Trinajstić information content (AvgIpc) is 2.49. The van der Waals surface area contributed by atoms with Gasteiger partial charge >= 0.3 is 0 Å². The van der Waals surface area contributed by atoms with Crippen LogP contribution >= 0.6 is 39.5 Å². The zero-order chi connectivity index (χ0) is 13.1. The van der Waals surface area contributed by atoms with E-state index in [0.29, 0.717) is 4.58 Å². The molecule has 1 aliphatic heterocycles. The lowest BCUT2D eigenvalue weighted by Gasteiger charge is -2.35. The van der Waals surface area contributed by atoms with Crippen molar-refractivity contribution in [3.8, 4) is 0 Å². The molecule has 1 aromatic carbocycles. The van der Waals surface area contributed by atoms with Gasteiger partial charge in [0.1, 0.15) is 0 Å². The van der Waals surface area contributed by atoms with Crippen LogP contribution in [-0.2, 0) is 0 Å². The molecule has 3 heteroatoms. The summed E-state index contributed by atoms with van der Waals surface area (Å²) in [4.78, 5) is 0. The Morgan fingerprint density at radius 1 is 0.842 bits per heavy atom. The molecular weight excluding hydrogens is 336 g/mol. The second-order valence-electron chi connectivity index (χ2n) is 5.71. The fraction of sp³-hybridized carbons (Fsp3) is 0.625. The first kappa shape index (κ1) is 14.3. The molecule has 2 aliphatic rings. The van der Waals surface area contributed by atoms with Gasteiger partial charge in [-0.15, -0.1) is 23.5 Å². The molecule has 2 fully saturated rings. The standard InChI is InChI=1S/C16H21BrS2/c17-15-8-6-13(7-9-15)16-18-10-14(11-19-16)12-4-2-1-3-5-12/h6-9,12,14,16H,1-5,10-11H2. The van der Waals surface area contributed by atoms with E-state index < -0.39 is 0 Å². The molecule has 0 nitrogen and oxygen atoms in total. The maximum atomic E-state index is 3.52. The van der Waals surface area contributed by atoms with Crippen molar-refractivity contribution >= 4 is 39.5 Å². The van der Waals surface area contributed by atoms with Gasteiger partial charge in [0.2, 0.25) is 0 Å². The molecule has 104 valence electrons. The lowest BCUT2D eigenvalue weighted by atomic mass is 9.81. The van der Waals surface area contributed by atoms with Crippen molar-refractivity contribution in [2.24, 2.45) is 11.8 Å². The summed E-state index contributed by atoms with van der Waals surface area (Å²) >= 11 is 7.86. The highest BCUT2D eigenvalue weighted by atomic mass is 79.9. The SMILES string of the molecule is Brc1ccc(C2SCC(C3CCCCC3)CS2)cc1. The number of benzene rings is 1. The van der Waals surface area contributed by atoms with Crippen molar-refractivity contribution in [1.82, 2.24) is 0 Å². The smallest absolute Gasteiger partial charge is 0.0751 e. The fourth-order valence-corrected chi connectivity index (χ4v) is 6.80. The molecule has 0 spiro atoms. The molecule has 19 heavy (non-hydrogen) atoms. The van der Waals surface area contributed by atoms with Gasteiger partial charge in [-0.05, 0) is 41.0 Å². The molecule has 1 saturated heterocycles. The molecule has 0 bridgehead atoms. The monoisotopic (exact) mass is 356 g/mol. The van der Waals surface area contributed by atoms with Crippen LogP contribution in [0.5, 0.6) is 0 Å². The van der Waals surface area contributed by atoms with E-state index in [1.54, 1.807) is 0 Å². The van der Waals surface area contributed by atoms with Crippen molar-refractivity contribution in [1.29, 1.82) is 0 Å². The topological polar surface area (TPSA) is 0 Å². The second-order valence-corrected chi connectivity index (χ2v) is 9.20. The van der Waals surface area contributed by atoms with Crippen LogP contribution in [-0.4, -0.2) is 11.5 Å². The normalized spacial score (nSPS) is 29.3. The predicted molar refractivity (Wildman–Crippen MR) is 91.9 cm³/mol. The molecule has 1 saturated carbocycles. The van der Waals surface area contributed by atoms with Crippen LogP contribution in [0.2, 0.25) is 0 Å². The summed E-state index contributed by atoms with van der Waals surface area (Å²) in [6.45, 7) is 0. The van der Waals surface area contributed by atoms with Gasteiger partial charge in [0.25, 0.3) is 0 Å². The number of rotatable bonds is 2. The van der Waals surface area contributed by atoms with Gasteiger partial charge in [-0.25, -0.2) is 0 Å². The van der Waals surface area contributed by atoms with E-state index in [1.807, 2.05) is 0 Å². The molecular formula is C16H21BrS2. The Kier molecular flexibility index (Phi) is 5.21.